The standard InChI is InChI=1S/C22H31NO5/c1-15(2)12-28-18-7-5-16(6-8-18)21(3,4)19(24)23-11-17-13-27-10-9-22(17,14-23)20(25)26/h5-8,15,17H,9-14H2,1-4H3,(H,25,26)/t17-,22+/m0/s1. The van der Waals surface area contributed by atoms with Crippen LogP contribution in [-0.4, -0.2) is 54.8 Å². The molecule has 0 bridgehead atoms. The van der Waals surface area contributed by atoms with Crippen LogP contribution in [0.4, 0.5) is 0 Å². The van der Waals surface area contributed by atoms with E-state index in [9.17, 15) is 14.7 Å². The molecule has 2 aliphatic heterocycles. The van der Waals surface area contributed by atoms with Crippen molar-refractivity contribution in [3.05, 3.63) is 29.8 Å². The molecule has 2 atom stereocenters. The van der Waals surface area contributed by atoms with Gasteiger partial charge in [-0.2, -0.15) is 0 Å². The van der Waals surface area contributed by atoms with Crippen LogP contribution in [0.15, 0.2) is 24.3 Å². The molecule has 0 aromatic heterocycles. The van der Waals surface area contributed by atoms with Gasteiger partial charge in [0.05, 0.1) is 24.0 Å². The van der Waals surface area contributed by atoms with Crippen LogP contribution in [0.25, 0.3) is 0 Å². The van der Waals surface area contributed by atoms with Gasteiger partial charge in [0.15, 0.2) is 0 Å². The number of benzene rings is 1. The first-order valence-corrected chi connectivity index (χ1v) is 10.0. The Morgan fingerprint density at radius 2 is 2.00 bits per heavy atom. The van der Waals surface area contributed by atoms with Gasteiger partial charge in [-0.05, 0) is 43.9 Å². The fraction of sp³-hybridized carbons (Fsp3) is 0.636. The van der Waals surface area contributed by atoms with Crippen LogP contribution in [0.3, 0.4) is 0 Å². The molecule has 2 fully saturated rings. The molecular weight excluding hydrogens is 358 g/mol. The highest BCUT2D eigenvalue weighted by molar-refractivity contribution is 5.89. The average Bonchev–Trinajstić information content (AvgIpc) is 3.07. The SMILES string of the molecule is CC(C)COc1ccc(C(C)(C)C(=O)N2C[C@H]3COCC[C@@]3(C(=O)O)C2)cc1. The smallest absolute Gasteiger partial charge is 0.311 e. The van der Waals surface area contributed by atoms with Crippen LogP contribution in [-0.2, 0) is 19.7 Å². The molecule has 2 aliphatic rings. The predicted octanol–water partition coefficient (Wildman–Crippen LogP) is 2.95. The van der Waals surface area contributed by atoms with Gasteiger partial charge in [-0.1, -0.05) is 26.0 Å². The van der Waals surface area contributed by atoms with Crippen molar-refractivity contribution in [1.82, 2.24) is 4.90 Å². The number of fused-ring (bicyclic) bond motifs is 1. The molecule has 6 heteroatoms. The minimum Gasteiger partial charge on any atom is -0.493 e. The van der Waals surface area contributed by atoms with Gasteiger partial charge >= 0.3 is 5.97 Å². The third kappa shape index (κ3) is 3.75. The molecule has 28 heavy (non-hydrogen) atoms. The van der Waals surface area contributed by atoms with Gasteiger partial charge in [-0.15, -0.1) is 0 Å². The number of nitrogens with zero attached hydrogens (tertiary/aromatic N) is 1. The quantitative estimate of drug-likeness (QED) is 0.810. The number of hydrogen-bond acceptors (Lipinski definition) is 4. The summed E-state index contributed by atoms with van der Waals surface area (Å²) < 4.78 is 11.2. The van der Waals surface area contributed by atoms with Crippen LogP contribution >= 0.6 is 0 Å². The molecule has 1 amide bonds. The van der Waals surface area contributed by atoms with Gasteiger partial charge < -0.3 is 19.5 Å². The Morgan fingerprint density at radius 1 is 1.32 bits per heavy atom. The van der Waals surface area contributed by atoms with E-state index in [0.29, 0.717) is 38.7 Å². The zero-order chi connectivity index (χ0) is 20.5. The maximum absolute atomic E-state index is 13.3. The van der Waals surface area contributed by atoms with Crippen LogP contribution in [0.1, 0.15) is 39.7 Å². The lowest BCUT2D eigenvalue weighted by molar-refractivity contribution is -0.157. The van der Waals surface area contributed by atoms with Crippen molar-refractivity contribution in [2.45, 2.75) is 39.5 Å². The largest absolute Gasteiger partial charge is 0.493 e. The van der Waals surface area contributed by atoms with Gasteiger partial charge in [-0.3, -0.25) is 9.59 Å². The minimum atomic E-state index is -0.876. The minimum absolute atomic E-state index is 0.0432. The van der Waals surface area contributed by atoms with Gasteiger partial charge in [0, 0.05) is 25.6 Å². The Kier molecular flexibility index (Phi) is 5.71. The molecule has 0 unspecified atom stereocenters. The Balaban J connectivity index is 1.75. The first kappa shape index (κ1) is 20.6. The molecule has 1 aromatic carbocycles. The van der Waals surface area contributed by atoms with E-state index in [1.807, 2.05) is 38.1 Å². The lowest BCUT2D eigenvalue weighted by Crippen LogP contribution is -2.46. The van der Waals surface area contributed by atoms with Crippen molar-refractivity contribution in [2.75, 3.05) is 32.9 Å². The zero-order valence-electron chi connectivity index (χ0n) is 17.2. The monoisotopic (exact) mass is 389 g/mol. The number of aliphatic carboxylic acids is 1. The van der Waals surface area contributed by atoms with Gasteiger partial charge in [0.2, 0.25) is 5.91 Å². The Labute approximate surface area is 166 Å². The number of carbonyl (C=O) groups excluding carboxylic acids is 1. The number of likely N-dealkylation sites (tertiary alicyclic amines) is 1. The highest BCUT2D eigenvalue weighted by Gasteiger charge is 2.56. The summed E-state index contributed by atoms with van der Waals surface area (Å²) in [5.74, 6) is 0.223. The molecular formula is C22H31NO5. The molecule has 0 radical (unpaired) electrons. The van der Waals surface area contributed by atoms with Gasteiger partial charge in [0.25, 0.3) is 0 Å². The summed E-state index contributed by atoms with van der Waals surface area (Å²) in [5, 5.41) is 9.83. The van der Waals surface area contributed by atoms with Crippen LogP contribution < -0.4 is 4.74 Å². The van der Waals surface area contributed by atoms with Crippen LogP contribution in [0, 0.1) is 17.3 Å². The summed E-state index contributed by atoms with van der Waals surface area (Å²) in [6.07, 6.45) is 0.457. The number of ether oxygens (including phenoxy) is 2. The van der Waals surface area contributed by atoms with Gasteiger partial charge in [0.1, 0.15) is 5.75 Å². The molecule has 0 saturated carbocycles. The number of carboxylic acids is 1. The molecule has 3 rings (SSSR count). The molecule has 6 nitrogen and oxygen atoms in total. The fourth-order valence-electron chi connectivity index (χ4n) is 4.20. The summed E-state index contributed by atoms with van der Waals surface area (Å²) in [4.78, 5) is 27.0. The van der Waals surface area contributed by atoms with Crippen molar-refractivity contribution >= 4 is 11.9 Å². The summed E-state index contributed by atoms with van der Waals surface area (Å²) in [6.45, 7) is 10.2. The average molecular weight is 389 g/mol. The number of amides is 1. The van der Waals surface area contributed by atoms with Crippen molar-refractivity contribution in [2.24, 2.45) is 17.3 Å². The van der Waals surface area contributed by atoms with Gasteiger partial charge in [-0.25, -0.2) is 0 Å². The van der Waals surface area contributed by atoms with E-state index in [0.717, 1.165) is 11.3 Å². The van der Waals surface area contributed by atoms with Crippen LogP contribution in [0.5, 0.6) is 5.75 Å². The normalized spacial score (nSPS) is 24.9. The van der Waals surface area contributed by atoms with E-state index in [4.69, 9.17) is 9.47 Å². The van der Waals surface area contributed by atoms with E-state index >= 15 is 0 Å². The Bertz CT molecular complexity index is 727. The second-order valence-corrected chi connectivity index (χ2v) is 9.02. The fourth-order valence-corrected chi connectivity index (χ4v) is 4.20. The lowest BCUT2D eigenvalue weighted by atomic mass is 9.74. The molecule has 0 spiro atoms. The number of carbonyl (C=O) groups is 2. The predicted molar refractivity (Wildman–Crippen MR) is 105 cm³/mol. The van der Waals surface area contributed by atoms with E-state index in [1.165, 1.54) is 0 Å². The number of hydrogen-bond donors (Lipinski definition) is 1. The second kappa shape index (κ2) is 7.74. The molecule has 154 valence electrons. The third-order valence-electron chi connectivity index (χ3n) is 6.11. The summed E-state index contributed by atoms with van der Waals surface area (Å²) >= 11 is 0. The maximum atomic E-state index is 13.3. The molecule has 1 N–H and O–H groups in total. The lowest BCUT2D eigenvalue weighted by Gasteiger charge is -2.34. The van der Waals surface area contributed by atoms with Crippen molar-refractivity contribution in [1.29, 1.82) is 0 Å². The Morgan fingerprint density at radius 3 is 2.57 bits per heavy atom. The first-order valence-electron chi connectivity index (χ1n) is 10.0. The highest BCUT2D eigenvalue weighted by Crippen LogP contribution is 2.44. The maximum Gasteiger partial charge on any atom is 0.311 e. The highest BCUT2D eigenvalue weighted by atomic mass is 16.5. The number of carboxylic acid groups (broad SMARTS) is 1. The summed E-state index contributed by atoms with van der Waals surface area (Å²) in [6, 6.07) is 7.63. The van der Waals surface area contributed by atoms with Crippen molar-refractivity contribution in [3.63, 3.8) is 0 Å². The molecule has 2 saturated heterocycles. The topological polar surface area (TPSA) is 76.1 Å². The van der Waals surface area contributed by atoms with E-state index in [2.05, 4.69) is 13.8 Å². The van der Waals surface area contributed by atoms with E-state index in [-0.39, 0.29) is 18.4 Å². The third-order valence-corrected chi connectivity index (χ3v) is 6.11. The van der Waals surface area contributed by atoms with E-state index in [1.54, 1.807) is 4.90 Å². The van der Waals surface area contributed by atoms with Crippen molar-refractivity contribution < 1.29 is 24.2 Å². The number of rotatable bonds is 6. The molecule has 0 aliphatic carbocycles. The van der Waals surface area contributed by atoms with E-state index < -0.39 is 16.8 Å². The van der Waals surface area contributed by atoms with Crippen LogP contribution in [0.2, 0.25) is 0 Å². The summed E-state index contributed by atoms with van der Waals surface area (Å²) in [5.41, 5.74) is -0.728. The zero-order valence-corrected chi connectivity index (χ0v) is 17.2. The molecule has 1 aromatic rings. The second-order valence-electron chi connectivity index (χ2n) is 9.02. The van der Waals surface area contributed by atoms with Crippen molar-refractivity contribution in [3.8, 4) is 5.75 Å². The Hall–Kier alpha value is -2.08. The summed E-state index contributed by atoms with van der Waals surface area (Å²) in [7, 11) is 0. The first-order chi connectivity index (χ1) is 13.2. The molecule has 2 heterocycles.